The standard InChI is InChI=1S/C16H18N2O4S/c1-10-8-18(9-11(2)22-10)16(20)13-5-6-14(23-13)17-15(19)12-4-3-7-21-12/h3-7,10-11H,8-9H2,1-2H3,(H,17,19)/t10-,11+. The van der Waals surface area contributed by atoms with E-state index < -0.39 is 0 Å². The van der Waals surface area contributed by atoms with Gasteiger partial charge in [0, 0.05) is 13.1 Å². The van der Waals surface area contributed by atoms with E-state index in [4.69, 9.17) is 9.15 Å². The average molecular weight is 334 g/mol. The average Bonchev–Trinajstić information content (AvgIpc) is 3.16. The predicted molar refractivity (Wildman–Crippen MR) is 86.9 cm³/mol. The van der Waals surface area contributed by atoms with E-state index in [2.05, 4.69) is 5.32 Å². The minimum atomic E-state index is -0.329. The Hall–Kier alpha value is -2.12. The van der Waals surface area contributed by atoms with Gasteiger partial charge in [-0.3, -0.25) is 9.59 Å². The lowest BCUT2D eigenvalue weighted by molar-refractivity contribution is -0.0585. The van der Waals surface area contributed by atoms with Gasteiger partial charge in [-0.05, 0) is 38.1 Å². The summed E-state index contributed by atoms with van der Waals surface area (Å²) in [6.45, 7) is 5.07. The summed E-state index contributed by atoms with van der Waals surface area (Å²) >= 11 is 1.26. The molecule has 3 rings (SSSR count). The van der Waals surface area contributed by atoms with E-state index in [1.54, 1.807) is 29.2 Å². The first-order valence-electron chi connectivity index (χ1n) is 7.42. The summed E-state index contributed by atoms with van der Waals surface area (Å²) in [6, 6.07) is 6.70. The Kier molecular flexibility index (Phi) is 4.49. The molecule has 1 N–H and O–H groups in total. The molecule has 1 fully saturated rings. The fraction of sp³-hybridized carbons (Fsp3) is 0.375. The number of carbonyl (C=O) groups excluding carboxylic acids is 2. The molecule has 0 aliphatic carbocycles. The van der Waals surface area contributed by atoms with E-state index in [9.17, 15) is 9.59 Å². The van der Waals surface area contributed by atoms with E-state index in [0.29, 0.717) is 23.0 Å². The van der Waals surface area contributed by atoms with Crippen LogP contribution in [0.1, 0.15) is 34.1 Å². The highest BCUT2D eigenvalue weighted by Crippen LogP contribution is 2.25. The summed E-state index contributed by atoms with van der Waals surface area (Å²) in [6.07, 6.45) is 1.50. The largest absolute Gasteiger partial charge is 0.459 e. The number of furan rings is 1. The lowest BCUT2D eigenvalue weighted by Gasteiger charge is -2.35. The van der Waals surface area contributed by atoms with Gasteiger partial charge in [0.15, 0.2) is 5.76 Å². The summed E-state index contributed by atoms with van der Waals surface area (Å²) in [5.74, 6) is -0.123. The number of thiophene rings is 1. The first kappa shape index (κ1) is 15.8. The second-order valence-electron chi connectivity index (χ2n) is 5.56. The molecule has 1 aliphatic rings. The Morgan fingerprint density at radius 3 is 2.61 bits per heavy atom. The Morgan fingerprint density at radius 2 is 1.96 bits per heavy atom. The summed E-state index contributed by atoms with van der Waals surface area (Å²) in [7, 11) is 0. The number of hydrogen-bond acceptors (Lipinski definition) is 5. The van der Waals surface area contributed by atoms with E-state index in [1.165, 1.54) is 17.6 Å². The minimum Gasteiger partial charge on any atom is -0.459 e. The molecule has 7 heteroatoms. The van der Waals surface area contributed by atoms with Crippen molar-refractivity contribution in [3.63, 3.8) is 0 Å². The van der Waals surface area contributed by atoms with Crippen molar-refractivity contribution in [3.05, 3.63) is 41.2 Å². The molecular formula is C16H18N2O4S. The molecule has 0 radical (unpaired) electrons. The number of morpholine rings is 1. The van der Waals surface area contributed by atoms with Crippen molar-refractivity contribution in [2.45, 2.75) is 26.1 Å². The lowest BCUT2D eigenvalue weighted by Crippen LogP contribution is -2.48. The molecule has 0 spiro atoms. The monoisotopic (exact) mass is 334 g/mol. The van der Waals surface area contributed by atoms with Crippen molar-refractivity contribution in [2.24, 2.45) is 0 Å². The third-order valence-corrected chi connectivity index (χ3v) is 4.49. The van der Waals surface area contributed by atoms with Gasteiger partial charge in [-0.25, -0.2) is 0 Å². The van der Waals surface area contributed by atoms with Crippen LogP contribution in [0.2, 0.25) is 0 Å². The molecule has 3 heterocycles. The Morgan fingerprint density at radius 1 is 1.22 bits per heavy atom. The van der Waals surface area contributed by atoms with Crippen molar-refractivity contribution in [1.29, 1.82) is 0 Å². The van der Waals surface area contributed by atoms with Crippen LogP contribution in [0.5, 0.6) is 0 Å². The van der Waals surface area contributed by atoms with Crippen LogP contribution in [-0.2, 0) is 4.74 Å². The second kappa shape index (κ2) is 6.55. The van der Waals surface area contributed by atoms with Crippen molar-refractivity contribution in [2.75, 3.05) is 18.4 Å². The molecule has 2 aromatic rings. The normalized spacial score (nSPS) is 21.2. The zero-order chi connectivity index (χ0) is 16.4. The molecule has 0 saturated carbocycles. The molecule has 0 aromatic carbocycles. The van der Waals surface area contributed by atoms with Gasteiger partial charge in [0.05, 0.1) is 28.3 Å². The molecule has 2 aromatic heterocycles. The van der Waals surface area contributed by atoms with E-state index in [0.717, 1.165) is 0 Å². The number of carbonyl (C=O) groups is 2. The molecule has 2 amide bonds. The fourth-order valence-corrected chi connectivity index (χ4v) is 3.47. The van der Waals surface area contributed by atoms with Gasteiger partial charge < -0.3 is 19.4 Å². The van der Waals surface area contributed by atoms with Crippen molar-refractivity contribution in [3.8, 4) is 0 Å². The topological polar surface area (TPSA) is 71.8 Å². The smallest absolute Gasteiger partial charge is 0.291 e. The molecule has 0 bridgehead atoms. The highest BCUT2D eigenvalue weighted by atomic mass is 32.1. The third-order valence-electron chi connectivity index (χ3n) is 3.51. The van der Waals surface area contributed by atoms with Crippen LogP contribution in [-0.4, -0.2) is 42.0 Å². The number of anilines is 1. The van der Waals surface area contributed by atoms with Crippen molar-refractivity contribution >= 4 is 28.2 Å². The molecule has 122 valence electrons. The van der Waals surface area contributed by atoms with Crippen LogP contribution in [0.25, 0.3) is 0 Å². The number of rotatable bonds is 3. The number of nitrogens with zero attached hydrogens (tertiary/aromatic N) is 1. The SMILES string of the molecule is C[C@@H]1CN(C(=O)c2ccc(NC(=O)c3ccco3)s2)C[C@H](C)O1. The van der Waals surface area contributed by atoms with E-state index in [1.807, 2.05) is 13.8 Å². The summed E-state index contributed by atoms with van der Waals surface area (Å²) in [5, 5.41) is 3.35. The molecule has 6 nitrogen and oxygen atoms in total. The van der Waals surface area contributed by atoms with Crippen LogP contribution in [0.15, 0.2) is 34.9 Å². The maximum Gasteiger partial charge on any atom is 0.291 e. The molecule has 1 saturated heterocycles. The fourth-order valence-electron chi connectivity index (χ4n) is 2.60. The Balaban J connectivity index is 1.66. The molecule has 1 aliphatic heterocycles. The Bertz CT molecular complexity index is 685. The summed E-state index contributed by atoms with van der Waals surface area (Å²) in [5.41, 5.74) is 0. The lowest BCUT2D eigenvalue weighted by atomic mass is 10.2. The maximum absolute atomic E-state index is 12.6. The van der Waals surface area contributed by atoms with Crippen LogP contribution in [0.4, 0.5) is 5.00 Å². The molecule has 23 heavy (non-hydrogen) atoms. The first-order valence-corrected chi connectivity index (χ1v) is 8.24. The zero-order valence-electron chi connectivity index (χ0n) is 12.9. The highest BCUT2D eigenvalue weighted by molar-refractivity contribution is 7.18. The van der Waals surface area contributed by atoms with Gasteiger partial charge >= 0.3 is 0 Å². The van der Waals surface area contributed by atoms with Gasteiger partial charge in [-0.15, -0.1) is 11.3 Å². The van der Waals surface area contributed by atoms with Crippen LogP contribution in [0, 0.1) is 0 Å². The highest BCUT2D eigenvalue weighted by Gasteiger charge is 2.27. The Labute approximate surface area is 138 Å². The predicted octanol–water partition coefficient (Wildman–Crippen LogP) is 2.84. The molecular weight excluding hydrogens is 316 g/mol. The van der Waals surface area contributed by atoms with Crippen LogP contribution in [0.3, 0.4) is 0 Å². The number of hydrogen-bond donors (Lipinski definition) is 1. The van der Waals surface area contributed by atoms with E-state index in [-0.39, 0.29) is 29.8 Å². The van der Waals surface area contributed by atoms with Gasteiger partial charge in [0.2, 0.25) is 0 Å². The minimum absolute atomic E-state index is 0.0285. The van der Waals surface area contributed by atoms with Gasteiger partial charge in [-0.1, -0.05) is 0 Å². The van der Waals surface area contributed by atoms with Gasteiger partial charge in [-0.2, -0.15) is 0 Å². The van der Waals surface area contributed by atoms with Crippen molar-refractivity contribution < 1.29 is 18.7 Å². The third kappa shape index (κ3) is 3.62. The molecule has 0 unspecified atom stereocenters. The van der Waals surface area contributed by atoms with Gasteiger partial charge in [0.25, 0.3) is 11.8 Å². The maximum atomic E-state index is 12.6. The van der Waals surface area contributed by atoms with Crippen LogP contribution < -0.4 is 5.32 Å². The van der Waals surface area contributed by atoms with E-state index >= 15 is 0 Å². The second-order valence-corrected chi connectivity index (χ2v) is 6.65. The van der Waals surface area contributed by atoms with Crippen LogP contribution >= 0.6 is 11.3 Å². The summed E-state index contributed by atoms with van der Waals surface area (Å²) in [4.78, 5) is 26.9. The van der Waals surface area contributed by atoms with Crippen molar-refractivity contribution in [1.82, 2.24) is 4.90 Å². The van der Waals surface area contributed by atoms with Gasteiger partial charge in [0.1, 0.15) is 0 Å². The number of nitrogens with one attached hydrogen (secondary N) is 1. The number of amides is 2. The molecule has 2 atom stereocenters. The quantitative estimate of drug-likeness (QED) is 0.937. The number of ether oxygens (including phenoxy) is 1. The summed E-state index contributed by atoms with van der Waals surface area (Å²) < 4.78 is 10.7. The zero-order valence-corrected chi connectivity index (χ0v) is 13.8. The first-order chi connectivity index (χ1) is 11.0.